The van der Waals surface area contributed by atoms with E-state index in [1.807, 2.05) is 0 Å². The van der Waals surface area contributed by atoms with Crippen molar-refractivity contribution in [2.24, 2.45) is 5.11 Å². The lowest BCUT2D eigenvalue weighted by Gasteiger charge is -2.29. The van der Waals surface area contributed by atoms with Gasteiger partial charge in [0.05, 0.1) is 0 Å². The van der Waals surface area contributed by atoms with Crippen LogP contribution in [0.4, 0.5) is 4.39 Å². The van der Waals surface area contributed by atoms with Crippen molar-refractivity contribution >= 4 is 0 Å². The van der Waals surface area contributed by atoms with Crippen molar-refractivity contribution in [3.8, 4) is 0 Å². The Morgan fingerprint density at radius 1 is 1.69 bits per heavy atom. The second-order valence-electron chi connectivity index (χ2n) is 3.96. The summed E-state index contributed by atoms with van der Waals surface area (Å²) in [4.78, 5) is 4.90. The number of halogens is 1. The van der Waals surface area contributed by atoms with Gasteiger partial charge in [0, 0.05) is 23.5 Å². The molecule has 2 aliphatic heterocycles. The van der Waals surface area contributed by atoms with Crippen LogP contribution in [0.5, 0.6) is 0 Å². The molecule has 2 atom stereocenters. The van der Waals surface area contributed by atoms with E-state index in [0.29, 0.717) is 19.5 Å². The highest BCUT2D eigenvalue weighted by Gasteiger charge is 2.47. The van der Waals surface area contributed by atoms with Gasteiger partial charge in [0.25, 0.3) is 0 Å². The Kier molecular flexibility index (Phi) is 2.14. The second kappa shape index (κ2) is 3.16. The Hall–Kier alpha value is -0.800. The molecule has 4 nitrogen and oxygen atoms in total. The lowest BCUT2D eigenvalue weighted by atomic mass is 9.94. The maximum absolute atomic E-state index is 13.1. The van der Waals surface area contributed by atoms with Crippen LogP contribution in [-0.2, 0) is 0 Å². The molecule has 0 spiro atoms. The van der Waals surface area contributed by atoms with Gasteiger partial charge in [-0.3, -0.25) is 4.90 Å². The summed E-state index contributed by atoms with van der Waals surface area (Å²) in [5.41, 5.74) is 8.12. The van der Waals surface area contributed by atoms with E-state index < -0.39 is 6.17 Å². The third kappa shape index (κ3) is 1.38. The van der Waals surface area contributed by atoms with Gasteiger partial charge in [0.15, 0.2) is 0 Å². The second-order valence-corrected chi connectivity index (χ2v) is 3.96. The quantitative estimate of drug-likeness (QED) is 0.367. The topological polar surface area (TPSA) is 52.0 Å². The Morgan fingerprint density at radius 2 is 2.54 bits per heavy atom. The molecule has 0 aromatic rings. The molecular weight excluding hydrogens is 171 g/mol. The van der Waals surface area contributed by atoms with E-state index in [0.717, 1.165) is 19.4 Å². The fraction of sp³-hybridized carbons (Fsp3) is 1.00. The van der Waals surface area contributed by atoms with E-state index >= 15 is 0 Å². The van der Waals surface area contributed by atoms with Crippen LogP contribution in [0.15, 0.2) is 5.11 Å². The fourth-order valence-corrected chi connectivity index (χ4v) is 2.63. The highest BCUT2D eigenvalue weighted by atomic mass is 19.1. The third-order valence-electron chi connectivity index (χ3n) is 3.19. The molecule has 0 amide bonds. The minimum atomic E-state index is -0.728. The van der Waals surface area contributed by atoms with E-state index in [2.05, 4.69) is 14.9 Å². The molecule has 2 fully saturated rings. The molecule has 0 radical (unpaired) electrons. The van der Waals surface area contributed by atoms with Crippen LogP contribution in [0, 0.1) is 0 Å². The van der Waals surface area contributed by atoms with Crippen LogP contribution in [0.25, 0.3) is 10.4 Å². The number of hydrogen-bond acceptors (Lipinski definition) is 2. The van der Waals surface area contributed by atoms with Gasteiger partial charge >= 0.3 is 0 Å². The molecule has 0 N–H and O–H groups in total. The molecule has 0 bridgehead atoms. The lowest BCUT2D eigenvalue weighted by molar-refractivity contribution is 0.203. The first-order valence-corrected chi connectivity index (χ1v) is 4.67. The van der Waals surface area contributed by atoms with Gasteiger partial charge in [-0.15, -0.1) is 0 Å². The predicted molar refractivity (Wildman–Crippen MR) is 47.1 cm³/mol. The monoisotopic (exact) mass is 184 g/mol. The molecule has 72 valence electrons. The number of nitrogens with zero attached hydrogens (tertiary/aromatic N) is 4. The van der Waals surface area contributed by atoms with Gasteiger partial charge in [-0.05, 0) is 31.3 Å². The summed E-state index contributed by atoms with van der Waals surface area (Å²) in [6, 6.07) is 0. The summed E-state index contributed by atoms with van der Waals surface area (Å²) in [5.74, 6) is 0. The Bertz CT molecular complexity index is 251. The number of hydrogen-bond donors (Lipinski definition) is 0. The number of fused-ring (bicyclic) bond motifs is 1. The summed E-state index contributed by atoms with van der Waals surface area (Å²) in [6.07, 6.45) is 1.90. The smallest absolute Gasteiger partial charge is 0.115 e. The molecule has 0 aromatic carbocycles. The van der Waals surface area contributed by atoms with Crippen LogP contribution in [0.1, 0.15) is 19.3 Å². The first-order chi connectivity index (χ1) is 6.27. The maximum atomic E-state index is 13.1. The largest absolute Gasteiger partial charge is 0.295 e. The summed E-state index contributed by atoms with van der Waals surface area (Å²) in [7, 11) is 0. The number of rotatable bonds is 2. The fourth-order valence-electron chi connectivity index (χ4n) is 2.63. The van der Waals surface area contributed by atoms with Crippen LogP contribution in [0.3, 0.4) is 0 Å². The lowest BCUT2D eigenvalue weighted by Crippen LogP contribution is -2.40. The molecule has 2 unspecified atom stereocenters. The minimum Gasteiger partial charge on any atom is -0.295 e. The van der Waals surface area contributed by atoms with Crippen LogP contribution in [0.2, 0.25) is 0 Å². The molecule has 5 heteroatoms. The average Bonchev–Trinajstić information content (AvgIpc) is 2.57. The molecule has 2 heterocycles. The Balaban J connectivity index is 2.13. The van der Waals surface area contributed by atoms with E-state index in [1.54, 1.807) is 0 Å². The third-order valence-corrected chi connectivity index (χ3v) is 3.19. The first-order valence-electron chi connectivity index (χ1n) is 4.67. The van der Waals surface area contributed by atoms with E-state index in [-0.39, 0.29) is 5.54 Å². The van der Waals surface area contributed by atoms with Gasteiger partial charge in [0.2, 0.25) is 0 Å². The zero-order chi connectivity index (χ0) is 9.31. The summed E-state index contributed by atoms with van der Waals surface area (Å²) in [6.45, 7) is 1.92. The average molecular weight is 184 g/mol. The maximum Gasteiger partial charge on any atom is 0.115 e. The van der Waals surface area contributed by atoms with Gasteiger partial charge in [-0.1, -0.05) is 5.11 Å². The summed E-state index contributed by atoms with van der Waals surface area (Å²) < 4.78 is 13.1. The molecule has 13 heavy (non-hydrogen) atoms. The van der Waals surface area contributed by atoms with Crippen LogP contribution < -0.4 is 0 Å². The highest BCUT2D eigenvalue weighted by Crippen LogP contribution is 2.40. The van der Waals surface area contributed by atoms with Gasteiger partial charge < -0.3 is 0 Å². The van der Waals surface area contributed by atoms with Crippen molar-refractivity contribution in [2.45, 2.75) is 31.0 Å². The minimum absolute atomic E-state index is 0.133. The van der Waals surface area contributed by atoms with Crippen molar-refractivity contribution in [1.29, 1.82) is 0 Å². The first kappa shape index (κ1) is 8.78. The van der Waals surface area contributed by atoms with Crippen molar-refractivity contribution < 1.29 is 4.39 Å². The molecule has 2 saturated heterocycles. The SMILES string of the molecule is [N-]=[N+]=NCC12CCCN1CC(F)C2. The zero-order valence-corrected chi connectivity index (χ0v) is 7.49. The molecule has 0 saturated carbocycles. The Morgan fingerprint density at radius 3 is 3.31 bits per heavy atom. The number of azide groups is 1. The van der Waals surface area contributed by atoms with Crippen molar-refractivity contribution in [3.63, 3.8) is 0 Å². The summed E-state index contributed by atoms with van der Waals surface area (Å²) >= 11 is 0. The zero-order valence-electron chi connectivity index (χ0n) is 7.49. The van der Waals surface area contributed by atoms with Gasteiger partial charge in [0.1, 0.15) is 6.17 Å². The Labute approximate surface area is 76.3 Å². The standard InChI is InChI=1S/C8H13FN4/c9-7-4-8(6-11-12-10)2-1-3-13(8)5-7/h7H,1-6H2. The molecule has 0 aliphatic carbocycles. The normalized spacial score (nSPS) is 38.7. The van der Waals surface area contributed by atoms with Gasteiger partial charge in [-0.2, -0.15) is 0 Å². The van der Waals surface area contributed by atoms with Crippen LogP contribution >= 0.6 is 0 Å². The molecule has 0 aromatic heterocycles. The van der Waals surface area contributed by atoms with Crippen molar-refractivity contribution in [3.05, 3.63) is 10.4 Å². The number of alkyl halides is 1. The highest BCUT2D eigenvalue weighted by molar-refractivity contribution is 5.04. The van der Waals surface area contributed by atoms with Crippen molar-refractivity contribution in [1.82, 2.24) is 4.90 Å². The van der Waals surface area contributed by atoms with E-state index in [9.17, 15) is 4.39 Å². The molecule has 2 rings (SSSR count). The van der Waals surface area contributed by atoms with Crippen LogP contribution in [-0.4, -0.2) is 36.2 Å². The molecule has 2 aliphatic rings. The predicted octanol–water partition coefficient (Wildman–Crippen LogP) is 1.87. The van der Waals surface area contributed by atoms with Gasteiger partial charge in [-0.25, -0.2) is 4.39 Å². The summed E-state index contributed by atoms with van der Waals surface area (Å²) in [5, 5.41) is 3.59. The van der Waals surface area contributed by atoms with E-state index in [1.165, 1.54) is 0 Å². The molecular formula is C8H13FN4. The van der Waals surface area contributed by atoms with E-state index in [4.69, 9.17) is 5.53 Å². The van der Waals surface area contributed by atoms with Crippen molar-refractivity contribution in [2.75, 3.05) is 19.6 Å².